The van der Waals surface area contributed by atoms with Gasteiger partial charge in [0, 0.05) is 13.1 Å². The molecule has 7 heteroatoms. The van der Waals surface area contributed by atoms with Gasteiger partial charge in [-0.2, -0.15) is 0 Å². The van der Waals surface area contributed by atoms with Crippen LogP contribution in [0.4, 0.5) is 5.13 Å². The molecular weight excluding hydrogens is 388 g/mol. The summed E-state index contributed by atoms with van der Waals surface area (Å²) in [6.07, 6.45) is 0. The summed E-state index contributed by atoms with van der Waals surface area (Å²) in [5.41, 5.74) is 4.20. The highest BCUT2D eigenvalue weighted by Gasteiger charge is 2.25. The predicted octanol–water partition coefficient (Wildman–Crippen LogP) is 4.98. The molecule has 0 aliphatic rings. The average molecular weight is 417 g/mol. The van der Waals surface area contributed by atoms with Crippen molar-refractivity contribution in [1.29, 1.82) is 0 Å². The van der Waals surface area contributed by atoms with Crippen molar-refractivity contribution in [3.05, 3.63) is 38.8 Å². The molecule has 0 saturated heterocycles. The molecule has 0 fully saturated rings. The summed E-state index contributed by atoms with van der Waals surface area (Å²) in [6.45, 7) is 15.7. The number of nitrogens with zero attached hydrogens (tertiary/aromatic N) is 4. The number of benzene rings is 1. The fourth-order valence-electron chi connectivity index (χ4n) is 3.25. The molecule has 28 heavy (non-hydrogen) atoms. The van der Waals surface area contributed by atoms with E-state index in [9.17, 15) is 4.79 Å². The number of thiazole rings is 2. The van der Waals surface area contributed by atoms with Gasteiger partial charge >= 0.3 is 0 Å². The predicted molar refractivity (Wildman–Crippen MR) is 120 cm³/mol. The molecule has 0 aliphatic carbocycles. The first-order valence-electron chi connectivity index (χ1n) is 9.70. The lowest BCUT2D eigenvalue weighted by atomic mass is 10.1. The molecular formula is C21H28N4OS2. The zero-order valence-corrected chi connectivity index (χ0v) is 19.1. The number of hydrogen-bond acceptors (Lipinski definition) is 6. The van der Waals surface area contributed by atoms with Crippen LogP contribution in [0.15, 0.2) is 12.1 Å². The summed E-state index contributed by atoms with van der Waals surface area (Å²) in [4.78, 5) is 27.6. The molecule has 0 atom stereocenters. The number of fused-ring (bicyclic) bond motifs is 1. The van der Waals surface area contributed by atoms with Gasteiger partial charge in [-0.25, -0.2) is 9.97 Å². The molecule has 0 aliphatic heterocycles. The number of anilines is 1. The average Bonchev–Trinajstić information content (AvgIpc) is 3.24. The summed E-state index contributed by atoms with van der Waals surface area (Å²) in [7, 11) is 0. The van der Waals surface area contributed by atoms with Crippen LogP contribution in [0, 0.1) is 27.7 Å². The first-order chi connectivity index (χ1) is 13.3. The molecule has 0 N–H and O–H groups in total. The number of hydrogen-bond donors (Lipinski definition) is 0. The Morgan fingerprint density at radius 3 is 2.32 bits per heavy atom. The fourth-order valence-corrected chi connectivity index (χ4v) is 5.17. The lowest BCUT2D eigenvalue weighted by Crippen LogP contribution is -2.38. The van der Waals surface area contributed by atoms with Gasteiger partial charge in [-0.15, -0.1) is 11.3 Å². The minimum atomic E-state index is 0.00341. The maximum atomic E-state index is 13.4. The van der Waals surface area contributed by atoms with Gasteiger partial charge in [-0.05, 0) is 58.0 Å². The van der Waals surface area contributed by atoms with Crippen molar-refractivity contribution in [1.82, 2.24) is 14.9 Å². The van der Waals surface area contributed by atoms with Crippen LogP contribution in [-0.4, -0.2) is 47.0 Å². The highest BCUT2D eigenvalue weighted by molar-refractivity contribution is 7.22. The van der Waals surface area contributed by atoms with Crippen molar-refractivity contribution in [2.45, 2.75) is 41.5 Å². The Morgan fingerprint density at radius 1 is 1.00 bits per heavy atom. The summed E-state index contributed by atoms with van der Waals surface area (Å²) in [6, 6.07) is 4.23. The smallest absolute Gasteiger partial charge is 0.272 e. The molecule has 3 rings (SSSR count). The lowest BCUT2D eigenvalue weighted by Gasteiger charge is -2.24. The molecule has 5 nitrogen and oxygen atoms in total. The summed E-state index contributed by atoms with van der Waals surface area (Å²) in [5.74, 6) is 0.00341. The van der Waals surface area contributed by atoms with Gasteiger partial charge in [0.1, 0.15) is 4.88 Å². The van der Waals surface area contributed by atoms with E-state index in [4.69, 9.17) is 4.98 Å². The van der Waals surface area contributed by atoms with Crippen molar-refractivity contribution in [2.75, 3.05) is 31.1 Å². The van der Waals surface area contributed by atoms with E-state index in [0.29, 0.717) is 11.4 Å². The van der Waals surface area contributed by atoms with Crippen LogP contribution in [0.3, 0.4) is 0 Å². The van der Waals surface area contributed by atoms with Gasteiger partial charge in [-0.3, -0.25) is 9.69 Å². The maximum Gasteiger partial charge on any atom is 0.272 e. The second-order valence-electron chi connectivity index (χ2n) is 6.98. The number of amides is 1. The summed E-state index contributed by atoms with van der Waals surface area (Å²) in [5, 5.41) is 1.69. The van der Waals surface area contributed by atoms with E-state index in [1.54, 1.807) is 11.3 Å². The number of likely N-dealkylation sites (N-methyl/N-ethyl adjacent to an activating group) is 1. The van der Waals surface area contributed by atoms with Crippen molar-refractivity contribution in [3.8, 4) is 0 Å². The Labute approximate surface area is 175 Å². The zero-order valence-electron chi connectivity index (χ0n) is 17.5. The highest BCUT2D eigenvalue weighted by Crippen LogP contribution is 2.33. The van der Waals surface area contributed by atoms with Gasteiger partial charge in [0.15, 0.2) is 5.13 Å². The van der Waals surface area contributed by atoms with Gasteiger partial charge < -0.3 is 4.90 Å². The molecule has 3 aromatic rings. The standard InChI is InChI=1S/C21H28N4OS2/c1-7-24(8-2)11-12-25(20(26)19-15(5)22-16(6)27-19)21-23-18-14(4)13(3)9-10-17(18)28-21/h9-10H,7-8,11-12H2,1-6H3. The number of aromatic nitrogens is 2. The van der Waals surface area contributed by atoms with Crippen molar-refractivity contribution < 1.29 is 4.79 Å². The van der Waals surface area contributed by atoms with Crippen molar-refractivity contribution in [2.24, 2.45) is 0 Å². The molecule has 1 aromatic carbocycles. The summed E-state index contributed by atoms with van der Waals surface area (Å²) >= 11 is 3.06. The summed E-state index contributed by atoms with van der Waals surface area (Å²) < 4.78 is 1.12. The molecule has 2 aromatic heterocycles. The van der Waals surface area contributed by atoms with E-state index >= 15 is 0 Å². The third-order valence-corrected chi connectivity index (χ3v) is 7.29. The Kier molecular flexibility index (Phi) is 6.47. The van der Waals surface area contributed by atoms with Crippen LogP contribution in [0.2, 0.25) is 0 Å². The van der Waals surface area contributed by atoms with Crippen molar-refractivity contribution >= 4 is 43.9 Å². The van der Waals surface area contributed by atoms with Crippen LogP contribution >= 0.6 is 22.7 Å². The monoisotopic (exact) mass is 416 g/mol. The van der Waals surface area contributed by atoms with Crippen LogP contribution in [0.5, 0.6) is 0 Å². The number of carbonyl (C=O) groups is 1. The Hall–Kier alpha value is -1.83. The maximum absolute atomic E-state index is 13.4. The first kappa shape index (κ1) is 20.9. The van der Waals surface area contributed by atoms with Gasteiger partial charge in [0.25, 0.3) is 5.91 Å². The lowest BCUT2D eigenvalue weighted by molar-refractivity contribution is 0.0987. The van der Waals surface area contributed by atoms with Crippen molar-refractivity contribution in [3.63, 3.8) is 0 Å². The van der Waals surface area contributed by atoms with E-state index in [-0.39, 0.29) is 5.91 Å². The second kappa shape index (κ2) is 8.68. The second-order valence-corrected chi connectivity index (χ2v) is 9.19. The molecule has 150 valence electrons. The van der Waals surface area contributed by atoms with Crippen LogP contribution in [-0.2, 0) is 0 Å². The number of carbonyl (C=O) groups excluding carboxylic acids is 1. The highest BCUT2D eigenvalue weighted by atomic mass is 32.1. The van der Waals surface area contributed by atoms with Crippen LogP contribution in [0.25, 0.3) is 10.2 Å². The number of rotatable bonds is 7. The molecule has 0 saturated carbocycles. The Balaban J connectivity index is 2.01. The van der Waals surface area contributed by atoms with E-state index in [1.165, 1.54) is 22.5 Å². The third-order valence-electron chi connectivity index (χ3n) is 5.18. The van der Waals surface area contributed by atoms with E-state index in [2.05, 4.69) is 49.7 Å². The Morgan fingerprint density at radius 2 is 1.71 bits per heavy atom. The number of aryl methyl sites for hydroxylation is 4. The Bertz CT molecular complexity index is 988. The molecule has 1 amide bonds. The molecule has 2 heterocycles. The van der Waals surface area contributed by atoms with Crippen LogP contribution < -0.4 is 4.90 Å². The third kappa shape index (κ3) is 4.11. The van der Waals surface area contributed by atoms with Gasteiger partial charge in [0.05, 0.1) is 20.9 Å². The van der Waals surface area contributed by atoms with Gasteiger partial charge in [-0.1, -0.05) is 31.3 Å². The van der Waals surface area contributed by atoms with Gasteiger partial charge in [0.2, 0.25) is 0 Å². The molecule has 0 unspecified atom stereocenters. The molecule has 0 spiro atoms. The normalized spacial score (nSPS) is 11.5. The van der Waals surface area contributed by atoms with E-state index in [0.717, 1.165) is 45.7 Å². The minimum absolute atomic E-state index is 0.00341. The van der Waals surface area contributed by atoms with Crippen LogP contribution in [0.1, 0.15) is 45.3 Å². The molecule has 0 radical (unpaired) electrons. The zero-order chi connectivity index (χ0) is 20.4. The van der Waals surface area contributed by atoms with E-state index in [1.807, 2.05) is 18.7 Å². The largest absolute Gasteiger partial charge is 0.302 e. The minimum Gasteiger partial charge on any atom is -0.302 e. The van der Waals surface area contributed by atoms with E-state index < -0.39 is 0 Å². The topological polar surface area (TPSA) is 49.3 Å². The molecule has 0 bridgehead atoms. The fraction of sp³-hybridized carbons (Fsp3) is 0.476. The SMILES string of the molecule is CCN(CC)CCN(C(=O)c1sc(C)nc1C)c1nc2c(C)c(C)ccc2s1. The first-order valence-corrected chi connectivity index (χ1v) is 11.3. The quantitative estimate of drug-likeness (QED) is 0.545.